The standard InChI is InChI=1S/C10H15N3O2S/c1-7(14)8-6-16-10(12-8)13-4-2-3-11-9(15)5-13/h6-7,14H,2-5H2,1H3,(H,11,15). The SMILES string of the molecule is CC(O)c1csc(N2CCCNC(=O)C2)n1. The molecule has 88 valence electrons. The predicted molar refractivity (Wildman–Crippen MR) is 62.6 cm³/mol. The minimum absolute atomic E-state index is 0.0336. The van der Waals surface area contributed by atoms with Crippen molar-refractivity contribution in [2.24, 2.45) is 0 Å². The van der Waals surface area contributed by atoms with E-state index in [2.05, 4.69) is 10.3 Å². The molecule has 1 atom stereocenters. The second kappa shape index (κ2) is 4.80. The van der Waals surface area contributed by atoms with Crippen molar-refractivity contribution >= 4 is 22.4 Å². The van der Waals surface area contributed by atoms with Gasteiger partial charge >= 0.3 is 0 Å². The van der Waals surface area contributed by atoms with Gasteiger partial charge in [0.15, 0.2) is 5.13 Å². The van der Waals surface area contributed by atoms with E-state index in [1.807, 2.05) is 10.3 Å². The highest BCUT2D eigenvalue weighted by atomic mass is 32.1. The normalized spacial score (nSPS) is 19.1. The highest BCUT2D eigenvalue weighted by molar-refractivity contribution is 7.13. The lowest BCUT2D eigenvalue weighted by Gasteiger charge is -2.17. The molecule has 0 aliphatic carbocycles. The number of aromatic nitrogens is 1. The molecule has 1 aliphatic rings. The first-order valence-electron chi connectivity index (χ1n) is 5.32. The summed E-state index contributed by atoms with van der Waals surface area (Å²) in [4.78, 5) is 17.7. The largest absolute Gasteiger partial charge is 0.387 e. The molecular formula is C10H15N3O2S. The molecule has 6 heteroatoms. The Morgan fingerprint density at radius 2 is 2.50 bits per heavy atom. The second-order valence-electron chi connectivity index (χ2n) is 3.86. The molecule has 1 amide bonds. The average Bonchev–Trinajstić information content (AvgIpc) is 2.63. The first-order valence-corrected chi connectivity index (χ1v) is 6.20. The van der Waals surface area contributed by atoms with Crippen molar-refractivity contribution < 1.29 is 9.90 Å². The molecule has 2 heterocycles. The summed E-state index contributed by atoms with van der Waals surface area (Å²) in [5.74, 6) is 0.0336. The van der Waals surface area contributed by atoms with E-state index in [1.165, 1.54) is 11.3 Å². The van der Waals surface area contributed by atoms with E-state index in [-0.39, 0.29) is 5.91 Å². The van der Waals surface area contributed by atoms with Crippen molar-refractivity contribution in [3.05, 3.63) is 11.1 Å². The van der Waals surface area contributed by atoms with Gasteiger partial charge in [-0.25, -0.2) is 4.98 Å². The molecule has 0 bridgehead atoms. The van der Waals surface area contributed by atoms with Gasteiger partial charge in [-0.15, -0.1) is 11.3 Å². The first-order chi connectivity index (χ1) is 7.66. The number of thiazole rings is 1. The summed E-state index contributed by atoms with van der Waals surface area (Å²) in [6.45, 7) is 3.59. The molecule has 0 saturated carbocycles. The number of aliphatic hydroxyl groups is 1. The molecule has 1 aliphatic heterocycles. The van der Waals surface area contributed by atoms with E-state index in [4.69, 9.17) is 0 Å². The molecule has 1 unspecified atom stereocenters. The van der Waals surface area contributed by atoms with Crippen molar-refractivity contribution in [3.8, 4) is 0 Å². The molecule has 1 fully saturated rings. The van der Waals surface area contributed by atoms with Gasteiger partial charge in [0.1, 0.15) is 0 Å². The van der Waals surface area contributed by atoms with Crippen LogP contribution in [0.3, 0.4) is 0 Å². The number of carbonyl (C=O) groups is 1. The fraction of sp³-hybridized carbons (Fsp3) is 0.600. The van der Waals surface area contributed by atoms with Crippen LogP contribution >= 0.6 is 11.3 Å². The van der Waals surface area contributed by atoms with Crippen LogP contribution in [0.4, 0.5) is 5.13 Å². The fourth-order valence-corrected chi connectivity index (χ4v) is 2.52. The van der Waals surface area contributed by atoms with Gasteiger partial charge in [0, 0.05) is 18.5 Å². The van der Waals surface area contributed by atoms with Crippen LogP contribution in [0.2, 0.25) is 0 Å². The Hall–Kier alpha value is -1.14. The molecule has 0 radical (unpaired) electrons. The van der Waals surface area contributed by atoms with Gasteiger partial charge in [0.25, 0.3) is 0 Å². The van der Waals surface area contributed by atoms with Crippen LogP contribution in [0, 0.1) is 0 Å². The Balaban J connectivity index is 2.12. The molecule has 1 saturated heterocycles. The fourth-order valence-electron chi connectivity index (χ4n) is 1.58. The Kier molecular flexibility index (Phi) is 3.40. The zero-order valence-corrected chi connectivity index (χ0v) is 9.96. The molecule has 0 spiro atoms. The Labute approximate surface area is 98.1 Å². The lowest BCUT2D eigenvalue weighted by atomic mass is 10.3. The van der Waals surface area contributed by atoms with Crippen molar-refractivity contribution in [3.63, 3.8) is 0 Å². The van der Waals surface area contributed by atoms with Crippen LogP contribution in [0.1, 0.15) is 25.1 Å². The van der Waals surface area contributed by atoms with E-state index < -0.39 is 6.10 Å². The highest BCUT2D eigenvalue weighted by Crippen LogP contribution is 2.24. The number of nitrogens with one attached hydrogen (secondary N) is 1. The van der Waals surface area contributed by atoms with E-state index in [0.717, 1.165) is 24.6 Å². The molecule has 1 aromatic heterocycles. The number of hydrogen-bond donors (Lipinski definition) is 2. The van der Waals surface area contributed by atoms with Gasteiger partial charge in [-0.1, -0.05) is 0 Å². The number of amides is 1. The zero-order valence-electron chi connectivity index (χ0n) is 9.14. The van der Waals surface area contributed by atoms with Crippen LogP contribution in [-0.4, -0.2) is 35.6 Å². The van der Waals surface area contributed by atoms with Gasteiger partial charge in [0.2, 0.25) is 5.91 Å². The van der Waals surface area contributed by atoms with E-state index in [0.29, 0.717) is 12.2 Å². The Morgan fingerprint density at radius 3 is 3.19 bits per heavy atom. The first kappa shape index (κ1) is 11.3. The number of aliphatic hydroxyl groups excluding tert-OH is 1. The highest BCUT2D eigenvalue weighted by Gasteiger charge is 2.18. The number of carbonyl (C=O) groups excluding carboxylic acids is 1. The third kappa shape index (κ3) is 2.51. The lowest BCUT2D eigenvalue weighted by molar-refractivity contribution is -0.119. The molecular weight excluding hydrogens is 226 g/mol. The van der Waals surface area contributed by atoms with Crippen LogP contribution in [0.25, 0.3) is 0 Å². The van der Waals surface area contributed by atoms with Crippen LogP contribution in [-0.2, 0) is 4.79 Å². The zero-order chi connectivity index (χ0) is 11.5. The van der Waals surface area contributed by atoms with E-state index in [1.54, 1.807) is 6.92 Å². The molecule has 2 rings (SSSR count). The third-order valence-electron chi connectivity index (χ3n) is 2.47. The number of hydrogen-bond acceptors (Lipinski definition) is 5. The van der Waals surface area contributed by atoms with Gasteiger partial charge in [-0.05, 0) is 13.3 Å². The monoisotopic (exact) mass is 241 g/mol. The van der Waals surface area contributed by atoms with Crippen molar-refractivity contribution in [2.45, 2.75) is 19.4 Å². The van der Waals surface area contributed by atoms with E-state index in [9.17, 15) is 9.90 Å². The topological polar surface area (TPSA) is 65.5 Å². The summed E-state index contributed by atoms with van der Waals surface area (Å²) in [5.41, 5.74) is 0.671. The van der Waals surface area contributed by atoms with Crippen LogP contribution < -0.4 is 10.2 Å². The molecule has 1 aromatic rings. The van der Waals surface area contributed by atoms with Crippen LogP contribution in [0.15, 0.2) is 5.38 Å². The lowest BCUT2D eigenvalue weighted by Crippen LogP contribution is -2.32. The third-order valence-corrected chi connectivity index (χ3v) is 3.39. The molecule has 5 nitrogen and oxygen atoms in total. The Morgan fingerprint density at radius 1 is 1.69 bits per heavy atom. The van der Waals surface area contributed by atoms with Crippen molar-refractivity contribution in [1.29, 1.82) is 0 Å². The van der Waals surface area contributed by atoms with Crippen molar-refractivity contribution in [1.82, 2.24) is 10.3 Å². The average molecular weight is 241 g/mol. The van der Waals surface area contributed by atoms with Gasteiger partial charge in [-0.3, -0.25) is 4.79 Å². The molecule has 2 N–H and O–H groups in total. The summed E-state index contributed by atoms with van der Waals surface area (Å²) in [5, 5.41) is 14.9. The van der Waals surface area contributed by atoms with Gasteiger partial charge in [0.05, 0.1) is 18.3 Å². The predicted octanol–water partition coefficient (Wildman–Crippen LogP) is 0.523. The van der Waals surface area contributed by atoms with Gasteiger partial charge < -0.3 is 15.3 Å². The van der Waals surface area contributed by atoms with Gasteiger partial charge in [-0.2, -0.15) is 0 Å². The number of nitrogens with zero attached hydrogens (tertiary/aromatic N) is 2. The summed E-state index contributed by atoms with van der Waals surface area (Å²) in [7, 11) is 0. The molecule has 16 heavy (non-hydrogen) atoms. The quantitative estimate of drug-likeness (QED) is 0.792. The second-order valence-corrected chi connectivity index (χ2v) is 4.69. The minimum atomic E-state index is -0.550. The van der Waals surface area contributed by atoms with Crippen LogP contribution in [0.5, 0.6) is 0 Å². The molecule has 0 aromatic carbocycles. The van der Waals surface area contributed by atoms with E-state index >= 15 is 0 Å². The maximum absolute atomic E-state index is 11.4. The number of anilines is 1. The maximum atomic E-state index is 11.4. The smallest absolute Gasteiger partial charge is 0.239 e. The summed E-state index contributed by atoms with van der Waals surface area (Å²) in [6, 6.07) is 0. The minimum Gasteiger partial charge on any atom is -0.387 e. The maximum Gasteiger partial charge on any atom is 0.239 e. The van der Waals surface area contributed by atoms with Crippen molar-refractivity contribution in [2.75, 3.05) is 24.5 Å². The summed E-state index contributed by atoms with van der Waals surface area (Å²) < 4.78 is 0. The number of rotatable bonds is 2. The summed E-state index contributed by atoms with van der Waals surface area (Å²) >= 11 is 1.47. The summed E-state index contributed by atoms with van der Waals surface area (Å²) in [6.07, 6.45) is 0.376. The Bertz CT molecular complexity index is 378.